The second kappa shape index (κ2) is 6.59. The highest BCUT2D eigenvalue weighted by Gasteiger charge is 2.16. The Morgan fingerprint density at radius 2 is 1.91 bits per heavy atom. The highest BCUT2D eigenvalue weighted by atomic mass is 32.2. The summed E-state index contributed by atoms with van der Waals surface area (Å²) in [6, 6.07) is 14.4. The topological polar surface area (TPSA) is 46.2 Å². The van der Waals surface area contributed by atoms with Crippen molar-refractivity contribution in [3.05, 3.63) is 69.2 Å². The molecule has 0 aliphatic carbocycles. The van der Waals surface area contributed by atoms with E-state index >= 15 is 0 Å². The van der Waals surface area contributed by atoms with Crippen LogP contribution in [-0.2, 0) is 10.0 Å². The fourth-order valence-corrected chi connectivity index (χ4v) is 4.81. The van der Waals surface area contributed by atoms with E-state index in [0.717, 1.165) is 15.3 Å². The standard InChI is InChI=1S/C17H13NO2S3/c1-13-7-10-17(22-13)23(19,20)18-15-5-2-4-14(12-15)8-9-16-6-3-11-21-16/h2-7,10-12,18H,1H3. The number of anilines is 1. The Morgan fingerprint density at radius 1 is 1.04 bits per heavy atom. The Kier molecular flexibility index (Phi) is 4.53. The van der Waals surface area contributed by atoms with Gasteiger partial charge in [0.1, 0.15) is 4.21 Å². The molecule has 6 heteroatoms. The van der Waals surface area contributed by atoms with Crippen LogP contribution in [0, 0.1) is 18.8 Å². The molecule has 2 aromatic heterocycles. The summed E-state index contributed by atoms with van der Waals surface area (Å²) in [7, 11) is -3.55. The van der Waals surface area contributed by atoms with E-state index in [1.54, 1.807) is 41.7 Å². The van der Waals surface area contributed by atoms with E-state index in [-0.39, 0.29) is 0 Å². The summed E-state index contributed by atoms with van der Waals surface area (Å²) < 4.78 is 27.6. The Labute approximate surface area is 143 Å². The second-order valence-corrected chi connectivity index (χ2v) is 8.92. The number of benzene rings is 1. The van der Waals surface area contributed by atoms with Crippen LogP contribution in [0.2, 0.25) is 0 Å². The number of thiophene rings is 2. The molecule has 0 spiro atoms. The second-order valence-electron chi connectivity index (χ2n) is 4.78. The highest BCUT2D eigenvalue weighted by Crippen LogP contribution is 2.23. The van der Waals surface area contributed by atoms with Crippen molar-refractivity contribution < 1.29 is 8.42 Å². The zero-order chi connectivity index (χ0) is 16.3. The third kappa shape index (κ3) is 4.02. The summed E-state index contributed by atoms with van der Waals surface area (Å²) in [5, 5.41) is 1.97. The first kappa shape index (κ1) is 15.8. The van der Waals surface area contributed by atoms with Crippen molar-refractivity contribution in [2.24, 2.45) is 0 Å². The van der Waals surface area contributed by atoms with Crippen molar-refractivity contribution in [3.8, 4) is 11.8 Å². The minimum absolute atomic E-state index is 0.310. The molecule has 0 aliphatic heterocycles. The molecule has 3 aromatic rings. The first-order valence-corrected chi connectivity index (χ1v) is 9.96. The smallest absolute Gasteiger partial charge is 0.271 e. The molecule has 0 atom stereocenters. The molecule has 3 nitrogen and oxygen atoms in total. The molecule has 23 heavy (non-hydrogen) atoms. The van der Waals surface area contributed by atoms with Gasteiger partial charge in [-0.2, -0.15) is 0 Å². The minimum atomic E-state index is -3.55. The molecular formula is C17H13NO2S3. The van der Waals surface area contributed by atoms with Gasteiger partial charge in [0.2, 0.25) is 0 Å². The fraction of sp³-hybridized carbons (Fsp3) is 0.0588. The van der Waals surface area contributed by atoms with Crippen LogP contribution in [0.1, 0.15) is 15.3 Å². The van der Waals surface area contributed by atoms with E-state index in [0.29, 0.717) is 9.90 Å². The number of sulfonamides is 1. The summed E-state index contributed by atoms with van der Waals surface area (Å²) in [4.78, 5) is 1.94. The average molecular weight is 359 g/mol. The lowest BCUT2D eigenvalue weighted by atomic mass is 10.2. The quantitative estimate of drug-likeness (QED) is 0.708. The predicted octanol–water partition coefficient (Wildman–Crippen LogP) is 4.32. The van der Waals surface area contributed by atoms with Gasteiger partial charge in [-0.15, -0.1) is 22.7 Å². The number of hydrogen-bond donors (Lipinski definition) is 1. The highest BCUT2D eigenvalue weighted by molar-refractivity contribution is 7.94. The van der Waals surface area contributed by atoms with E-state index in [1.165, 1.54) is 11.3 Å². The third-order valence-corrected chi connectivity index (χ3v) is 6.61. The average Bonchev–Trinajstić information content (AvgIpc) is 3.16. The first-order chi connectivity index (χ1) is 11.0. The van der Waals surface area contributed by atoms with Crippen LogP contribution < -0.4 is 4.72 Å². The number of hydrogen-bond acceptors (Lipinski definition) is 4. The predicted molar refractivity (Wildman–Crippen MR) is 96.6 cm³/mol. The van der Waals surface area contributed by atoms with Gasteiger partial charge in [-0.3, -0.25) is 4.72 Å². The van der Waals surface area contributed by atoms with Crippen molar-refractivity contribution in [1.82, 2.24) is 0 Å². The molecule has 0 aliphatic rings. The number of rotatable bonds is 3. The molecule has 2 heterocycles. The monoisotopic (exact) mass is 359 g/mol. The van der Waals surface area contributed by atoms with Gasteiger partial charge in [0.25, 0.3) is 10.0 Å². The summed E-state index contributed by atoms with van der Waals surface area (Å²) in [5.74, 6) is 6.10. The van der Waals surface area contributed by atoms with Crippen LogP contribution in [0.3, 0.4) is 0 Å². The normalized spacial score (nSPS) is 10.8. The lowest BCUT2D eigenvalue weighted by Crippen LogP contribution is -2.11. The van der Waals surface area contributed by atoms with Crippen molar-refractivity contribution in [3.63, 3.8) is 0 Å². The van der Waals surface area contributed by atoms with Crippen LogP contribution in [0.25, 0.3) is 0 Å². The van der Waals surface area contributed by atoms with E-state index in [1.807, 2.05) is 30.5 Å². The van der Waals surface area contributed by atoms with Crippen molar-refractivity contribution >= 4 is 38.4 Å². The SMILES string of the molecule is Cc1ccc(S(=O)(=O)Nc2cccc(C#Cc3cccs3)c2)s1. The Hall–Kier alpha value is -2.07. The molecule has 3 rings (SSSR count). The molecule has 1 aromatic carbocycles. The van der Waals surface area contributed by atoms with Crippen LogP contribution in [-0.4, -0.2) is 8.42 Å². The van der Waals surface area contributed by atoms with Crippen molar-refractivity contribution in [1.29, 1.82) is 0 Å². The van der Waals surface area contributed by atoms with Gasteiger partial charge >= 0.3 is 0 Å². The molecule has 1 N–H and O–H groups in total. The van der Waals surface area contributed by atoms with E-state index < -0.39 is 10.0 Å². The summed E-state index contributed by atoms with van der Waals surface area (Å²) in [6.07, 6.45) is 0. The van der Waals surface area contributed by atoms with Crippen molar-refractivity contribution in [2.45, 2.75) is 11.1 Å². The summed E-state index contributed by atoms with van der Waals surface area (Å²) >= 11 is 2.82. The van der Waals surface area contributed by atoms with Gasteiger partial charge in [-0.05, 0) is 48.7 Å². The van der Waals surface area contributed by atoms with E-state index in [4.69, 9.17) is 0 Å². The van der Waals surface area contributed by atoms with Gasteiger partial charge in [0, 0.05) is 10.4 Å². The number of aryl methyl sites for hydroxylation is 1. The Morgan fingerprint density at radius 3 is 2.61 bits per heavy atom. The molecule has 0 radical (unpaired) electrons. The molecule has 0 amide bonds. The van der Waals surface area contributed by atoms with E-state index in [2.05, 4.69) is 16.6 Å². The lowest BCUT2D eigenvalue weighted by Gasteiger charge is -2.06. The van der Waals surface area contributed by atoms with Gasteiger partial charge in [-0.25, -0.2) is 8.42 Å². The minimum Gasteiger partial charge on any atom is -0.279 e. The lowest BCUT2D eigenvalue weighted by molar-refractivity contribution is 0.603. The third-order valence-electron chi connectivity index (χ3n) is 2.95. The Balaban J connectivity index is 1.83. The molecule has 116 valence electrons. The van der Waals surface area contributed by atoms with Gasteiger partial charge in [0.15, 0.2) is 0 Å². The molecule has 0 bridgehead atoms. The zero-order valence-electron chi connectivity index (χ0n) is 12.2. The molecule has 0 fully saturated rings. The maximum absolute atomic E-state index is 12.3. The van der Waals surface area contributed by atoms with Crippen LogP contribution in [0.4, 0.5) is 5.69 Å². The maximum Gasteiger partial charge on any atom is 0.271 e. The van der Waals surface area contributed by atoms with E-state index in [9.17, 15) is 8.42 Å². The van der Waals surface area contributed by atoms with Crippen LogP contribution in [0.15, 0.2) is 58.1 Å². The molecule has 0 unspecified atom stereocenters. The van der Waals surface area contributed by atoms with Gasteiger partial charge in [-0.1, -0.05) is 24.0 Å². The molecule has 0 saturated heterocycles. The zero-order valence-corrected chi connectivity index (χ0v) is 14.7. The fourth-order valence-electron chi connectivity index (χ4n) is 1.91. The van der Waals surface area contributed by atoms with Gasteiger partial charge < -0.3 is 0 Å². The maximum atomic E-state index is 12.3. The van der Waals surface area contributed by atoms with Crippen molar-refractivity contribution in [2.75, 3.05) is 4.72 Å². The van der Waals surface area contributed by atoms with Crippen LogP contribution >= 0.6 is 22.7 Å². The van der Waals surface area contributed by atoms with Gasteiger partial charge in [0.05, 0.1) is 10.6 Å². The van der Waals surface area contributed by atoms with Crippen LogP contribution in [0.5, 0.6) is 0 Å². The summed E-state index contributed by atoms with van der Waals surface area (Å²) in [5.41, 5.74) is 1.27. The molecular weight excluding hydrogens is 346 g/mol. The first-order valence-electron chi connectivity index (χ1n) is 6.78. The summed E-state index contributed by atoms with van der Waals surface area (Å²) in [6.45, 7) is 1.88. The Bertz CT molecular complexity index is 974. The number of nitrogens with one attached hydrogen (secondary N) is 1. The molecule has 0 saturated carbocycles. The largest absolute Gasteiger partial charge is 0.279 e.